The number of anilines is 3. The first-order chi connectivity index (χ1) is 8.66. The van der Waals surface area contributed by atoms with Gasteiger partial charge in [-0.2, -0.15) is 0 Å². The zero-order valence-corrected chi connectivity index (χ0v) is 10.9. The lowest BCUT2D eigenvalue weighted by molar-refractivity contribution is 0.934. The Balaban J connectivity index is 2.11. The molecule has 0 aliphatic carbocycles. The smallest absolute Gasteiger partial charge is 0.178 e. The predicted octanol–water partition coefficient (Wildman–Crippen LogP) is 2.64. The Bertz CT molecular complexity index is 580. The van der Waals surface area contributed by atoms with E-state index in [2.05, 4.69) is 31.9 Å². The van der Waals surface area contributed by atoms with Gasteiger partial charge in [-0.3, -0.25) is 0 Å². The van der Waals surface area contributed by atoms with Crippen molar-refractivity contribution in [2.45, 2.75) is 13.8 Å². The number of fused-ring (bicyclic) bond motifs is 1. The maximum absolute atomic E-state index is 4.68. The Labute approximate surface area is 107 Å². The van der Waals surface area contributed by atoms with Gasteiger partial charge >= 0.3 is 0 Å². The van der Waals surface area contributed by atoms with Gasteiger partial charge in [-0.15, -0.1) is 0 Å². The monoisotopic (exact) mass is 240 g/mol. The highest BCUT2D eigenvalue weighted by molar-refractivity contribution is 5.76. The molecular formula is C14H16N4. The number of para-hydroxylation sites is 1. The van der Waals surface area contributed by atoms with E-state index in [9.17, 15) is 0 Å². The number of hydrogen-bond donors (Lipinski definition) is 0. The highest BCUT2D eigenvalue weighted by Gasteiger charge is 2.28. The molecule has 1 aliphatic rings. The first-order valence-corrected chi connectivity index (χ1v) is 6.06. The highest BCUT2D eigenvalue weighted by Crippen LogP contribution is 2.36. The normalized spacial score (nSPS) is 13.9. The molecule has 0 saturated heterocycles. The minimum absolute atomic E-state index is 0.794. The van der Waals surface area contributed by atoms with Gasteiger partial charge in [0.25, 0.3) is 0 Å². The summed E-state index contributed by atoms with van der Waals surface area (Å²) in [5.41, 5.74) is 3.14. The first kappa shape index (κ1) is 11.0. The number of nitrogens with zero attached hydrogens (tertiary/aromatic N) is 4. The second kappa shape index (κ2) is 3.98. The fraction of sp³-hybridized carbons (Fsp3) is 0.286. The standard InChI is InChI=1S/C14H16N4/c1-10-11(2)16-14-13(15-10)17(3)9-18(14)12-7-5-4-6-8-12/h4-8H,9H2,1-3H3. The molecule has 0 amide bonds. The second-order valence-electron chi connectivity index (χ2n) is 4.64. The molecule has 3 rings (SSSR count). The van der Waals surface area contributed by atoms with Gasteiger partial charge in [0, 0.05) is 12.7 Å². The lowest BCUT2D eigenvalue weighted by Gasteiger charge is -2.18. The number of aryl methyl sites for hydroxylation is 2. The molecule has 18 heavy (non-hydrogen) atoms. The summed E-state index contributed by atoms with van der Waals surface area (Å²) in [5.74, 6) is 1.91. The van der Waals surface area contributed by atoms with E-state index >= 15 is 0 Å². The van der Waals surface area contributed by atoms with Crippen LogP contribution in [0.25, 0.3) is 0 Å². The summed E-state index contributed by atoms with van der Waals surface area (Å²) in [7, 11) is 2.05. The summed E-state index contributed by atoms with van der Waals surface area (Å²) in [6.07, 6.45) is 0. The fourth-order valence-corrected chi connectivity index (χ4v) is 2.17. The zero-order valence-electron chi connectivity index (χ0n) is 10.9. The van der Waals surface area contributed by atoms with E-state index < -0.39 is 0 Å². The van der Waals surface area contributed by atoms with Gasteiger partial charge in [0.15, 0.2) is 11.6 Å². The summed E-state index contributed by atoms with van der Waals surface area (Å²) >= 11 is 0. The summed E-state index contributed by atoms with van der Waals surface area (Å²) in [6.45, 7) is 4.80. The third-order valence-electron chi connectivity index (χ3n) is 3.31. The SMILES string of the molecule is Cc1nc2c(nc1C)N(c1ccccc1)CN2C. The third kappa shape index (κ3) is 1.61. The van der Waals surface area contributed by atoms with Crippen LogP contribution >= 0.6 is 0 Å². The second-order valence-corrected chi connectivity index (χ2v) is 4.64. The Hall–Kier alpha value is -2.10. The van der Waals surface area contributed by atoms with Crippen molar-refractivity contribution in [3.63, 3.8) is 0 Å². The van der Waals surface area contributed by atoms with Crippen LogP contribution < -0.4 is 9.80 Å². The molecule has 92 valence electrons. The van der Waals surface area contributed by atoms with Gasteiger partial charge in [0.1, 0.15) is 0 Å². The lowest BCUT2D eigenvalue weighted by Crippen LogP contribution is -2.24. The maximum Gasteiger partial charge on any atom is 0.178 e. The van der Waals surface area contributed by atoms with Gasteiger partial charge in [0.2, 0.25) is 0 Å². The number of rotatable bonds is 1. The molecule has 2 aromatic rings. The van der Waals surface area contributed by atoms with Crippen LogP contribution in [0, 0.1) is 13.8 Å². The van der Waals surface area contributed by atoms with Gasteiger partial charge in [-0.25, -0.2) is 9.97 Å². The molecule has 0 atom stereocenters. The van der Waals surface area contributed by atoms with E-state index in [1.807, 2.05) is 39.1 Å². The quantitative estimate of drug-likeness (QED) is 0.767. The van der Waals surface area contributed by atoms with Crippen LogP contribution in [0.3, 0.4) is 0 Å². The summed E-state index contributed by atoms with van der Waals surface area (Å²) in [5, 5.41) is 0. The molecule has 0 fully saturated rings. The molecule has 4 heteroatoms. The van der Waals surface area contributed by atoms with Gasteiger partial charge < -0.3 is 9.80 Å². The Morgan fingerprint density at radius 2 is 1.56 bits per heavy atom. The molecule has 1 aromatic carbocycles. The van der Waals surface area contributed by atoms with E-state index in [-0.39, 0.29) is 0 Å². The largest absolute Gasteiger partial charge is 0.338 e. The molecule has 1 aromatic heterocycles. The van der Waals surface area contributed by atoms with Crippen LogP contribution in [0.2, 0.25) is 0 Å². The van der Waals surface area contributed by atoms with Crippen LogP contribution in [-0.4, -0.2) is 23.7 Å². The molecule has 1 aliphatic heterocycles. The van der Waals surface area contributed by atoms with Crippen LogP contribution in [0.5, 0.6) is 0 Å². The topological polar surface area (TPSA) is 32.3 Å². The molecule has 0 unspecified atom stereocenters. The van der Waals surface area contributed by atoms with Gasteiger partial charge in [-0.1, -0.05) is 18.2 Å². The average Bonchev–Trinajstić information content (AvgIpc) is 2.69. The van der Waals surface area contributed by atoms with Crippen LogP contribution in [0.1, 0.15) is 11.4 Å². The zero-order chi connectivity index (χ0) is 12.7. The Morgan fingerprint density at radius 1 is 0.944 bits per heavy atom. The minimum atomic E-state index is 0.794. The van der Waals surface area contributed by atoms with Crippen molar-refractivity contribution < 1.29 is 0 Å². The maximum atomic E-state index is 4.68. The van der Waals surface area contributed by atoms with Crippen molar-refractivity contribution in [2.24, 2.45) is 0 Å². The van der Waals surface area contributed by atoms with E-state index in [0.717, 1.165) is 35.4 Å². The molecule has 0 radical (unpaired) electrons. The minimum Gasteiger partial charge on any atom is -0.338 e. The van der Waals surface area contributed by atoms with E-state index in [1.54, 1.807) is 0 Å². The lowest BCUT2D eigenvalue weighted by atomic mass is 10.3. The third-order valence-corrected chi connectivity index (χ3v) is 3.31. The molecule has 0 spiro atoms. The molecule has 0 saturated carbocycles. The average molecular weight is 240 g/mol. The number of benzene rings is 1. The summed E-state index contributed by atoms with van der Waals surface area (Å²) in [6, 6.07) is 10.3. The number of hydrogen-bond acceptors (Lipinski definition) is 4. The summed E-state index contributed by atoms with van der Waals surface area (Å²) in [4.78, 5) is 13.6. The van der Waals surface area contributed by atoms with Crippen LogP contribution in [0.4, 0.5) is 17.3 Å². The van der Waals surface area contributed by atoms with Gasteiger partial charge in [0.05, 0.1) is 18.1 Å². The van der Waals surface area contributed by atoms with Crippen molar-refractivity contribution in [3.8, 4) is 0 Å². The number of aromatic nitrogens is 2. The molecule has 0 N–H and O–H groups in total. The van der Waals surface area contributed by atoms with Crippen molar-refractivity contribution in [1.29, 1.82) is 0 Å². The molecular weight excluding hydrogens is 224 g/mol. The Morgan fingerprint density at radius 3 is 2.22 bits per heavy atom. The molecule has 2 heterocycles. The van der Waals surface area contributed by atoms with E-state index in [4.69, 9.17) is 0 Å². The van der Waals surface area contributed by atoms with Crippen LogP contribution in [0.15, 0.2) is 30.3 Å². The predicted molar refractivity (Wildman–Crippen MR) is 73.4 cm³/mol. The van der Waals surface area contributed by atoms with Crippen molar-refractivity contribution >= 4 is 17.3 Å². The molecule has 0 bridgehead atoms. The first-order valence-electron chi connectivity index (χ1n) is 6.06. The Kier molecular flexibility index (Phi) is 2.44. The van der Waals surface area contributed by atoms with Gasteiger partial charge in [-0.05, 0) is 26.0 Å². The van der Waals surface area contributed by atoms with Crippen LogP contribution in [-0.2, 0) is 0 Å². The molecule has 4 nitrogen and oxygen atoms in total. The van der Waals surface area contributed by atoms with Crippen molar-refractivity contribution in [2.75, 3.05) is 23.5 Å². The fourth-order valence-electron chi connectivity index (χ4n) is 2.17. The van der Waals surface area contributed by atoms with E-state index in [0.29, 0.717) is 0 Å². The van der Waals surface area contributed by atoms with Crippen molar-refractivity contribution in [3.05, 3.63) is 41.7 Å². The highest BCUT2D eigenvalue weighted by atomic mass is 15.4. The van der Waals surface area contributed by atoms with Crippen molar-refractivity contribution in [1.82, 2.24) is 9.97 Å². The van der Waals surface area contributed by atoms with E-state index in [1.165, 1.54) is 0 Å². The summed E-state index contributed by atoms with van der Waals surface area (Å²) < 4.78 is 0.